The van der Waals surface area contributed by atoms with Gasteiger partial charge in [0, 0.05) is 45.4 Å². The molecule has 3 fully saturated rings. The Morgan fingerprint density at radius 3 is 2.72 bits per heavy atom. The lowest BCUT2D eigenvalue weighted by Crippen LogP contribution is -2.49. The number of rotatable bonds is 6. The number of anilines is 2. The molecule has 0 radical (unpaired) electrons. The van der Waals surface area contributed by atoms with E-state index in [0.29, 0.717) is 23.9 Å². The third kappa shape index (κ3) is 3.98. The summed E-state index contributed by atoms with van der Waals surface area (Å²) in [7, 11) is 0. The van der Waals surface area contributed by atoms with Gasteiger partial charge in [0.25, 0.3) is 0 Å². The standard InChI is InChI=1S/C16H24N6O3/c23-22(24)14-10-17-16(19-15(14)18-12-3-4-12)21-7-5-20(6-8-21)11-13-2-1-9-25-13/h10,12-13H,1-9,11H2,(H,17,18,19). The van der Waals surface area contributed by atoms with Gasteiger partial charge in [-0.2, -0.15) is 4.98 Å². The van der Waals surface area contributed by atoms with Gasteiger partial charge >= 0.3 is 5.69 Å². The second-order valence-corrected chi connectivity index (χ2v) is 7.00. The van der Waals surface area contributed by atoms with E-state index in [1.807, 2.05) is 0 Å². The number of hydrogen-bond acceptors (Lipinski definition) is 8. The molecule has 1 unspecified atom stereocenters. The molecule has 25 heavy (non-hydrogen) atoms. The molecular weight excluding hydrogens is 324 g/mol. The highest BCUT2D eigenvalue weighted by Crippen LogP contribution is 2.30. The number of piperazine rings is 1. The van der Waals surface area contributed by atoms with E-state index in [1.165, 1.54) is 6.20 Å². The maximum absolute atomic E-state index is 11.2. The lowest BCUT2D eigenvalue weighted by molar-refractivity contribution is -0.384. The largest absolute Gasteiger partial charge is 0.377 e. The first-order chi connectivity index (χ1) is 12.2. The molecule has 1 N–H and O–H groups in total. The Balaban J connectivity index is 1.39. The fourth-order valence-corrected chi connectivity index (χ4v) is 3.39. The predicted octanol–water partition coefficient (Wildman–Crippen LogP) is 1.26. The third-order valence-electron chi connectivity index (χ3n) is 5.01. The van der Waals surface area contributed by atoms with Gasteiger partial charge in [0.05, 0.1) is 11.0 Å². The van der Waals surface area contributed by atoms with Gasteiger partial charge in [0.1, 0.15) is 6.20 Å². The van der Waals surface area contributed by atoms with Gasteiger partial charge in [-0.1, -0.05) is 0 Å². The first-order valence-corrected chi connectivity index (χ1v) is 9.06. The summed E-state index contributed by atoms with van der Waals surface area (Å²) in [5.41, 5.74) is -0.0485. The van der Waals surface area contributed by atoms with E-state index >= 15 is 0 Å². The van der Waals surface area contributed by atoms with E-state index in [4.69, 9.17) is 4.74 Å². The van der Waals surface area contributed by atoms with Crippen LogP contribution < -0.4 is 10.2 Å². The number of hydrogen-bond donors (Lipinski definition) is 1. The van der Waals surface area contributed by atoms with Gasteiger partial charge in [0.15, 0.2) is 0 Å². The average Bonchev–Trinajstić information content (AvgIpc) is 3.28. The summed E-state index contributed by atoms with van der Waals surface area (Å²) >= 11 is 0. The molecule has 2 aliphatic heterocycles. The summed E-state index contributed by atoms with van der Waals surface area (Å²) in [4.78, 5) is 23.9. The molecule has 3 heterocycles. The van der Waals surface area contributed by atoms with Crippen molar-refractivity contribution in [2.24, 2.45) is 0 Å². The first-order valence-electron chi connectivity index (χ1n) is 9.06. The minimum Gasteiger partial charge on any atom is -0.377 e. The summed E-state index contributed by atoms with van der Waals surface area (Å²) in [6.07, 6.45) is 6.10. The van der Waals surface area contributed by atoms with E-state index < -0.39 is 4.92 Å². The molecule has 2 saturated heterocycles. The second kappa shape index (κ2) is 7.09. The van der Waals surface area contributed by atoms with Gasteiger partial charge < -0.3 is 15.0 Å². The highest BCUT2D eigenvalue weighted by molar-refractivity contribution is 5.58. The molecule has 3 aliphatic rings. The lowest BCUT2D eigenvalue weighted by atomic mass is 10.2. The molecule has 1 aromatic rings. The summed E-state index contributed by atoms with van der Waals surface area (Å²) in [6.45, 7) is 5.40. The number of nitrogens with one attached hydrogen (secondary N) is 1. The Labute approximate surface area is 146 Å². The molecular formula is C16H24N6O3. The SMILES string of the molecule is O=[N+]([O-])c1cnc(N2CCN(CC3CCCO3)CC2)nc1NC1CC1. The number of aromatic nitrogens is 2. The zero-order valence-corrected chi connectivity index (χ0v) is 14.3. The van der Waals surface area contributed by atoms with Gasteiger partial charge in [0.2, 0.25) is 11.8 Å². The maximum Gasteiger partial charge on any atom is 0.329 e. The smallest absolute Gasteiger partial charge is 0.329 e. The summed E-state index contributed by atoms with van der Waals surface area (Å²) in [5.74, 6) is 0.921. The Morgan fingerprint density at radius 2 is 2.08 bits per heavy atom. The molecule has 4 rings (SSSR count). The van der Waals surface area contributed by atoms with Crippen LogP contribution in [-0.4, -0.2) is 71.3 Å². The van der Waals surface area contributed by atoms with Crippen LogP contribution in [0.1, 0.15) is 25.7 Å². The summed E-state index contributed by atoms with van der Waals surface area (Å²) in [5, 5.41) is 14.3. The van der Waals surface area contributed by atoms with E-state index in [0.717, 1.165) is 65.0 Å². The molecule has 0 spiro atoms. The van der Waals surface area contributed by atoms with Crippen LogP contribution in [0.25, 0.3) is 0 Å². The summed E-state index contributed by atoms with van der Waals surface area (Å²) < 4.78 is 5.71. The van der Waals surface area contributed by atoms with Crippen LogP contribution in [0.5, 0.6) is 0 Å². The predicted molar refractivity (Wildman–Crippen MR) is 93.0 cm³/mol. The normalized spacial score (nSPS) is 24.5. The van der Waals surface area contributed by atoms with Crippen molar-refractivity contribution in [3.8, 4) is 0 Å². The topological polar surface area (TPSA) is 96.7 Å². The van der Waals surface area contributed by atoms with Crippen molar-refractivity contribution >= 4 is 17.5 Å². The molecule has 136 valence electrons. The van der Waals surface area contributed by atoms with Crippen molar-refractivity contribution in [3.63, 3.8) is 0 Å². The van der Waals surface area contributed by atoms with E-state index in [1.54, 1.807) is 0 Å². The molecule has 1 atom stereocenters. The van der Waals surface area contributed by atoms with Crippen molar-refractivity contribution in [3.05, 3.63) is 16.3 Å². The molecule has 9 nitrogen and oxygen atoms in total. The zero-order valence-electron chi connectivity index (χ0n) is 14.3. The fraction of sp³-hybridized carbons (Fsp3) is 0.750. The van der Waals surface area contributed by atoms with Crippen LogP contribution in [0, 0.1) is 10.1 Å². The van der Waals surface area contributed by atoms with Crippen molar-refractivity contribution in [1.82, 2.24) is 14.9 Å². The number of ether oxygens (including phenoxy) is 1. The zero-order chi connectivity index (χ0) is 17.2. The van der Waals surface area contributed by atoms with Crippen molar-refractivity contribution in [2.75, 3.05) is 49.5 Å². The third-order valence-corrected chi connectivity index (χ3v) is 5.01. The fourth-order valence-electron chi connectivity index (χ4n) is 3.39. The highest BCUT2D eigenvalue weighted by atomic mass is 16.6. The van der Waals surface area contributed by atoms with Gasteiger partial charge in [-0.25, -0.2) is 4.98 Å². The van der Waals surface area contributed by atoms with Gasteiger partial charge in [-0.3, -0.25) is 15.0 Å². The molecule has 0 aromatic carbocycles. The molecule has 0 amide bonds. The molecule has 9 heteroatoms. The van der Waals surface area contributed by atoms with Crippen LogP contribution in [0.2, 0.25) is 0 Å². The Hall–Kier alpha value is -2.00. The first kappa shape index (κ1) is 16.5. The lowest BCUT2D eigenvalue weighted by Gasteiger charge is -2.35. The highest BCUT2D eigenvalue weighted by Gasteiger charge is 2.28. The molecule has 0 bridgehead atoms. The van der Waals surface area contributed by atoms with Crippen LogP contribution in [-0.2, 0) is 4.74 Å². The van der Waals surface area contributed by atoms with Crippen LogP contribution in [0.4, 0.5) is 17.5 Å². The number of nitrogens with zero attached hydrogens (tertiary/aromatic N) is 5. The second-order valence-electron chi connectivity index (χ2n) is 7.00. The summed E-state index contributed by atoms with van der Waals surface area (Å²) in [6, 6.07) is 0.310. The minimum atomic E-state index is -0.423. The Bertz CT molecular complexity index is 624. The Morgan fingerprint density at radius 1 is 1.28 bits per heavy atom. The van der Waals surface area contributed by atoms with Crippen LogP contribution in [0.15, 0.2) is 6.20 Å². The van der Waals surface area contributed by atoms with Gasteiger partial charge in [-0.05, 0) is 25.7 Å². The van der Waals surface area contributed by atoms with Crippen molar-refractivity contribution < 1.29 is 9.66 Å². The van der Waals surface area contributed by atoms with E-state index in [-0.39, 0.29) is 5.69 Å². The molecule has 1 aliphatic carbocycles. The minimum absolute atomic E-state index is 0.0485. The maximum atomic E-state index is 11.2. The van der Waals surface area contributed by atoms with Crippen LogP contribution in [0.3, 0.4) is 0 Å². The van der Waals surface area contributed by atoms with Gasteiger partial charge in [-0.15, -0.1) is 0 Å². The van der Waals surface area contributed by atoms with Crippen LogP contribution >= 0.6 is 0 Å². The average molecular weight is 348 g/mol. The van der Waals surface area contributed by atoms with Crippen molar-refractivity contribution in [1.29, 1.82) is 0 Å². The monoisotopic (exact) mass is 348 g/mol. The van der Waals surface area contributed by atoms with E-state index in [9.17, 15) is 10.1 Å². The molecule has 1 saturated carbocycles. The molecule has 1 aromatic heterocycles. The van der Waals surface area contributed by atoms with E-state index in [2.05, 4.69) is 25.1 Å². The van der Waals surface area contributed by atoms with Crippen molar-refractivity contribution in [2.45, 2.75) is 37.8 Å². The quantitative estimate of drug-likeness (QED) is 0.606. The number of nitro groups is 1. The Kier molecular flexibility index (Phi) is 4.67.